The predicted octanol–water partition coefficient (Wildman–Crippen LogP) is 2.84. The highest BCUT2D eigenvalue weighted by Crippen LogP contribution is 2.31. The first-order valence-corrected chi connectivity index (χ1v) is 9.19. The molecule has 1 amide bonds. The Balaban J connectivity index is 1.62. The van der Waals surface area contributed by atoms with Crippen molar-refractivity contribution in [2.75, 3.05) is 20.8 Å². The zero-order chi connectivity index (χ0) is 19.9. The zero-order valence-electron chi connectivity index (χ0n) is 16.1. The number of aromatic amines is 1. The molecule has 0 aliphatic rings. The summed E-state index contributed by atoms with van der Waals surface area (Å²) in [6.45, 7) is 0.577. The van der Waals surface area contributed by atoms with E-state index in [2.05, 4.69) is 10.3 Å². The predicted molar refractivity (Wildman–Crippen MR) is 109 cm³/mol. The number of pyridine rings is 1. The summed E-state index contributed by atoms with van der Waals surface area (Å²) in [4.78, 5) is 27.3. The summed E-state index contributed by atoms with van der Waals surface area (Å²) in [5.74, 6) is 1.07. The van der Waals surface area contributed by atoms with Gasteiger partial charge in [-0.25, -0.2) is 0 Å². The lowest BCUT2D eigenvalue weighted by Crippen LogP contribution is -2.26. The number of ether oxygens (including phenoxy) is 2. The Morgan fingerprint density at radius 2 is 1.71 bits per heavy atom. The third kappa shape index (κ3) is 4.71. The first-order chi connectivity index (χ1) is 13.6. The van der Waals surface area contributed by atoms with Crippen molar-refractivity contribution in [1.82, 2.24) is 10.3 Å². The highest BCUT2D eigenvalue weighted by Gasteiger charge is 2.10. The summed E-state index contributed by atoms with van der Waals surface area (Å²) in [7, 11) is 3.11. The van der Waals surface area contributed by atoms with Crippen molar-refractivity contribution in [3.05, 3.63) is 70.0 Å². The SMILES string of the molecule is COc1cc2cc(CCC(=O)NCCc3ccccc3)c(=O)[nH]c2cc1OC. The number of fused-ring (bicyclic) bond motifs is 1. The summed E-state index contributed by atoms with van der Waals surface area (Å²) in [5, 5.41) is 3.73. The fourth-order valence-electron chi connectivity index (χ4n) is 3.09. The number of methoxy groups -OCH3 is 2. The number of nitrogens with one attached hydrogen (secondary N) is 2. The van der Waals surface area contributed by atoms with Crippen molar-refractivity contribution >= 4 is 16.8 Å². The second-order valence-corrected chi connectivity index (χ2v) is 6.50. The molecule has 2 N–H and O–H groups in total. The number of hydrogen-bond acceptors (Lipinski definition) is 4. The highest BCUT2D eigenvalue weighted by atomic mass is 16.5. The van der Waals surface area contributed by atoms with Crippen molar-refractivity contribution in [2.45, 2.75) is 19.3 Å². The van der Waals surface area contributed by atoms with Crippen LogP contribution in [0.4, 0.5) is 0 Å². The first kappa shape index (κ1) is 19.5. The van der Waals surface area contributed by atoms with Gasteiger partial charge >= 0.3 is 0 Å². The van der Waals surface area contributed by atoms with E-state index in [-0.39, 0.29) is 17.9 Å². The molecular weight excluding hydrogens is 356 g/mol. The quantitative estimate of drug-likeness (QED) is 0.630. The topological polar surface area (TPSA) is 80.4 Å². The van der Waals surface area contributed by atoms with Crippen LogP contribution in [-0.2, 0) is 17.6 Å². The highest BCUT2D eigenvalue weighted by molar-refractivity contribution is 5.83. The minimum absolute atomic E-state index is 0.0669. The molecule has 0 unspecified atom stereocenters. The normalized spacial score (nSPS) is 10.6. The number of amides is 1. The standard InChI is InChI=1S/C22H24N2O4/c1-27-19-13-17-12-16(22(26)24-18(17)14-20(19)28-2)8-9-21(25)23-11-10-15-6-4-3-5-7-15/h3-7,12-14H,8-11H2,1-2H3,(H,23,25)(H,24,26). The van der Waals surface area contributed by atoms with Gasteiger partial charge in [0.1, 0.15) is 0 Å². The first-order valence-electron chi connectivity index (χ1n) is 9.19. The van der Waals surface area contributed by atoms with Crippen LogP contribution in [0.15, 0.2) is 53.3 Å². The van der Waals surface area contributed by atoms with E-state index in [1.165, 1.54) is 5.56 Å². The number of aromatic nitrogens is 1. The Kier molecular flexibility index (Phi) is 6.32. The van der Waals surface area contributed by atoms with E-state index in [9.17, 15) is 9.59 Å². The Morgan fingerprint density at radius 3 is 2.43 bits per heavy atom. The van der Waals surface area contributed by atoms with E-state index in [1.54, 1.807) is 26.4 Å². The monoisotopic (exact) mass is 380 g/mol. The molecule has 0 radical (unpaired) electrons. The molecule has 0 atom stereocenters. The molecule has 6 heteroatoms. The van der Waals surface area contributed by atoms with Crippen molar-refractivity contribution in [3.63, 3.8) is 0 Å². The molecule has 0 saturated carbocycles. The van der Waals surface area contributed by atoms with Crippen molar-refractivity contribution in [3.8, 4) is 11.5 Å². The summed E-state index contributed by atoms with van der Waals surface area (Å²) in [6.07, 6.45) is 1.41. The molecule has 0 saturated heterocycles. The molecule has 0 fully saturated rings. The molecule has 3 rings (SSSR count). The number of H-pyrrole nitrogens is 1. The Morgan fingerprint density at radius 1 is 1.00 bits per heavy atom. The van der Waals surface area contributed by atoms with Crippen molar-refractivity contribution in [2.24, 2.45) is 0 Å². The van der Waals surface area contributed by atoms with Crippen molar-refractivity contribution < 1.29 is 14.3 Å². The molecule has 146 valence electrons. The number of hydrogen-bond donors (Lipinski definition) is 2. The Hall–Kier alpha value is -3.28. The second-order valence-electron chi connectivity index (χ2n) is 6.50. The summed E-state index contributed by atoms with van der Waals surface area (Å²) in [6, 6.07) is 15.3. The van der Waals surface area contributed by atoms with Gasteiger partial charge in [0.05, 0.1) is 19.7 Å². The van der Waals surface area contributed by atoms with Gasteiger partial charge in [-0.2, -0.15) is 0 Å². The van der Waals surface area contributed by atoms with Gasteiger partial charge in [-0.05, 0) is 30.5 Å². The molecule has 3 aromatic rings. The van der Waals surface area contributed by atoms with Gasteiger partial charge in [0.25, 0.3) is 5.56 Å². The van der Waals surface area contributed by atoms with Crippen molar-refractivity contribution in [1.29, 1.82) is 0 Å². The van der Waals surface area contributed by atoms with Crippen LogP contribution in [0, 0.1) is 0 Å². The Labute approximate surface area is 163 Å². The van der Waals surface area contributed by atoms with E-state index < -0.39 is 0 Å². The van der Waals surface area contributed by atoms with E-state index in [4.69, 9.17) is 9.47 Å². The van der Waals surface area contributed by atoms with Gasteiger partial charge in [-0.1, -0.05) is 30.3 Å². The van der Waals surface area contributed by atoms with Crippen LogP contribution < -0.4 is 20.3 Å². The number of carbonyl (C=O) groups is 1. The third-order valence-corrected chi connectivity index (χ3v) is 4.63. The molecule has 0 bridgehead atoms. The van der Waals surface area contributed by atoms with E-state index in [1.807, 2.05) is 36.4 Å². The molecular formula is C22H24N2O4. The van der Waals surface area contributed by atoms with Gasteiger partial charge < -0.3 is 19.8 Å². The average molecular weight is 380 g/mol. The van der Waals surface area contributed by atoms with Crippen LogP contribution in [0.5, 0.6) is 11.5 Å². The minimum Gasteiger partial charge on any atom is -0.493 e. The summed E-state index contributed by atoms with van der Waals surface area (Å²) < 4.78 is 10.6. The molecule has 0 aliphatic carbocycles. The summed E-state index contributed by atoms with van der Waals surface area (Å²) >= 11 is 0. The smallest absolute Gasteiger partial charge is 0.251 e. The van der Waals surface area contributed by atoms with Crippen LogP contribution in [-0.4, -0.2) is 31.7 Å². The number of benzene rings is 2. The van der Waals surface area contributed by atoms with Crippen LogP contribution in [0.2, 0.25) is 0 Å². The van der Waals surface area contributed by atoms with E-state index in [0.29, 0.717) is 35.5 Å². The fourth-order valence-corrected chi connectivity index (χ4v) is 3.09. The molecule has 0 spiro atoms. The third-order valence-electron chi connectivity index (χ3n) is 4.63. The maximum atomic E-state index is 12.3. The summed E-state index contributed by atoms with van der Waals surface area (Å²) in [5.41, 5.74) is 2.21. The largest absolute Gasteiger partial charge is 0.493 e. The van der Waals surface area contributed by atoms with Crippen LogP contribution in [0.25, 0.3) is 10.9 Å². The maximum Gasteiger partial charge on any atom is 0.251 e. The Bertz CT molecular complexity index is 1010. The average Bonchev–Trinajstić information content (AvgIpc) is 2.72. The lowest BCUT2D eigenvalue weighted by atomic mass is 10.1. The molecule has 1 aromatic heterocycles. The van der Waals surface area contributed by atoms with Gasteiger partial charge in [0.2, 0.25) is 5.91 Å². The maximum absolute atomic E-state index is 12.3. The van der Waals surface area contributed by atoms with E-state index >= 15 is 0 Å². The molecule has 2 aromatic carbocycles. The lowest BCUT2D eigenvalue weighted by molar-refractivity contribution is -0.121. The fraction of sp³-hybridized carbons (Fsp3) is 0.273. The van der Waals surface area contributed by atoms with Gasteiger partial charge in [-0.15, -0.1) is 0 Å². The number of rotatable bonds is 8. The molecule has 6 nitrogen and oxygen atoms in total. The van der Waals surface area contributed by atoms with Gasteiger partial charge in [0.15, 0.2) is 11.5 Å². The number of carbonyl (C=O) groups excluding carboxylic acids is 1. The minimum atomic E-state index is -0.197. The van der Waals surface area contributed by atoms with Crippen LogP contribution in [0.3, 0.4) is 0 Å². The molecule has 1 heterocycles. The van der Waals surface area contributed by atoms with Gasteiger partial charge in [-0.3, -0.25) is 9.59 Å². The van der Waals surface area contributed by atoms with E-state index in [0.717, 1.165) is 11.8 Å². The zero-order valence-corrected chi connectivity index (χ0v) is 16.1. The van der Waals surface area contributed by atoms with Gasteiger partial charge in [0, 0.05) is 30.0 Å². The van der Waals surface area contributed by atoms with Crippen LogP contribution >= 0.6 is 0 Å². The van der Waals surface area contributed by atoms with Crippen LogP contribution in [0.1, 0.15) is 17.5 Å². The number of aryl methyl sites for hydroxylation is 1. The molecule has 0 aliphatic heterocycles. The molecule has 28 heavy (non-hydrogen) atoms. The lowest BCUT2D eigenvalue weighted by Gasteiger charge is -2.10. The second kappa shape index (κ2) is 9.08.